The zero-order valence-electron chi connectivity index (χ0n) is 8.44. The van der Waals surface area contributed by atoms with Crippen LogP contribution >= 0.6 is 0 Å². The molecule has 5 nitrogen and oxygen atoms in total. The van der Waals surface area contributed by atoms with Crippen molar-refractivity contribution in [2.75, 3.05) is 12.4 Å². The summed E-state index contributed by atoms with van der Waals surface area (Å²) in [6.45, 7) is 3.90. The van der Waals surface area contributed by atoms with E-state index in [1.165, 1.54) is 12.1 Å². The van der Waals surface area contributed by atoms with E-state index >= 15 is 0 Å². The molecular weight excluding hydrogens is 182 g/mol. The predicted octanol–water partition coefficient (Wildman–Crippen LogP) is 2.15. The first-order valence-electron chi connectivity index (χ1n) is 4.38. The van der Waals surface area contributed by atoms with Crippen molar-refractivity contribution >= 4 is 11.5 Å². The fraction of sp³-hybridized carbons (Fsp3) is 0.444. The van der Waals surface area contributed by atoms with Gasteiger partial charge in [0.05, 0.1) is 16.7 Å². The van der Waals surface area contributed by atoms with Crippen molar-refractivity contribution < 1.29 is 4.92 Å². The molecule has 0 aromatic carbocycles. The molecule has 0 unspecified atom stereocenters. The maximum absolute atomic E-state index is 10.6. The number of nitrogens with zero attached hydrogens (tertiary/aromatic N) is 2. The number of nitrogens with one attached hydrogen (secondary N) is 1. The van der Waals surface area contributed by atoms with Gasteiger partial charge < -0.3 is 5.32 Å². The van der Waals surface area contributed by atoms with Gasteiger partial charge in [-0.1, -0.05) is 13.8 Å². The van der Waals surface area contributed by atoms with Crippen molar-refractivity contribution in [3.05, 3.63) is 27.9 Å². The van der Waals surface area contributed by atoms with Crippen LogP contribution in [0.4, 0.5) is 11.5 Å². The molecule has 0 aliphatic heterocycles. The van der Waals surface area contributed by atoms with Crippen molar-refractivity contribution in [2.45, 2.75) is 19.8 Å². The summed E-state index contributed by atoms with van der Waals surface area (Å²) in [6.07, 6.45) is 0. The lowest BCUT2D eigenvalue weighted by molar-refractivity contribution is -0.384. The van der Waals surface area contributed by atoms with Gasteiger partial charge in [-0.2, -0.15) is 0 Å². The van der Waals surface area contributed by atoms with Crippen LogP contribution in [0.2, 0.25) is 0 Å². The Morgan fingerprint density at radius 2 is 2.14 bits per heavy atom. The van der Waals surface area contributed by atoms with Crippen molar-refractivity contribution in [2.24, 2.45) is 0 Å². The van der Waals surface area contributed by atoms with Crippen LogP contribution in [0, 0.1) is 10.1 Å². The van der Waals surface area contributed by atoms with Gasteiger partial charge in [0.25, 0.3) is 5.69 Å². The Hall–Kier alpha value is -1.65. The average molecular weight is 195 g/mol. The van der Waals surface area contributed by atoms with Crippen LogP contribution < -0.4 is 5.32 Å². The molecule has 5 heteroatoms. The second kappa shape index (κ2) is 4.04. The van der Waals surface area contributed by atoms with E-state index in [9.17, 15) is 10.1 Å². The van der Waals surface area contributed by atoms with E-state index in [-0.39, 0.29) is 11.6 Å². The summed E-state index contributed by atoms with van der Waals surface area (Å²) < 4.78 is 0. The molecule has 0 radical (unpaired) electrons. The van der Waals surface area contributed by atoms with Gasteiger partial charge in [0.1, 0.15) is 5.82 Å². The minimum absolute atomic E-state index is 0.0769. The third-order valence-electron chi connectivity index (χ3n) is 1.89. The Bertz CT molecular complexity index is 350. The molecule has 0 bridgehead atoms. The standard InChI is InChI=1S/C9H13N3O2/c1-6(2)8-4-7(12(13)14)5-9(10-3)11-8/h4-6H,1-3H3,(H,10,11). The fourth-order valence-corrected chi connectivity index (χ4v) is 1.07. The van der Waals surface area contributed by atoms with E-state index in [1.54, 1.807) is 7.05 Å². The Labute approximate surface area is 82.3 Å². The molecular formula is C9H13N3O2. The van der Waals surface area contributed by atoms with Gasteiger partial charge in [-0.15, -0.1) is 0 Å². The fourth-order valence-electron chi connectivity index (χ4n) is 1.07. The normalized spacial score (nSPS) is 10.3. The number of rotatable bonds is 3. The Morgan fingerprint density at radius 1 is 1.50 bits per heavy atom. The molecule has 0 saturated heterocycles. The SMILES string of the molecule is CNc1cc([N+](=O)[O-])cc(C(C)C)n1. The van der Waals surface area contributed by atoms with Crippen molar-refractivity contribution in [3.63, 3.8) is 0 Å². The third kappa shape index (κ3) is 2.18. The highest BCUT2D eigenvalue weighted by Crippen LogP contribution is 2.21. The second-order valence-corrected chi connectivity index (χ2v) is 3.30. The molecule has 14 heavy (non-hydrogen) atoms. The lowest BCUT2D eigenvalue weighted by Crippen LogP contribution is -2.00. The molecule has 1 heterocycles. The van der Waals surface area contributed by atoms with Crippen LogP contribution in [0.5, 0.6) is 0 Å². The Kier molecular flexibility index (Phi) is 3.01. The van der Waals surface area contributed by atoms with Crippen LogP contribution in [0.25, 0.3) is 0 Å². The molecule has 1 aromatic rings. The van der Waals surface area contributed by atoms with E-state index in [0.717, 1.165) is 5.69 Å². The zero-order chi connectivity index (χ0) is 10.7. The summed E-state index contributed by atoms with van der Waals surface area (Å²) in [5.41, 5.74) is 0.802. The topological polar surface area (TPSA) is 68.1 Å². The zero-order valence-corrected chi connectivity index (χ0v) is 8.44. The minimum atomic E-state index is -0.408. The molecule has 1 N–H and O–H groups in total. The summed E-state index contributed by atoms with van der Waals surface area (Å²) >= 11 is 0. The molecule has 76 valence electrons. The third-order valence-corrected chi connectivity index (χ3v) is 1.89. The lowest BCUT2D eigenvalue weighted by atomic mass is 10.1. The molecule has 0 aliphatic rings. The summed E-state index contributed by atoms with van der Waals surface area (Å²) in [4.78, 5) is 14.4. The van der Waals surface area contributed by atoms with Crippen LogP contribution in [-0.2, 0) is 0 Å². The van der Waals surface area contributed by atoms with Gasteiger partial charge >= 0.3 is 0 Å². The molecule has 0 fully saturated rings. The highest BCUT2D eigenvalue weighted by atomic mass is 16.6. The first kappa shape index (κ1) is 10.4. The first-order chi connectivity index (χ1) is 6.54. The van der Waals surface area contributed by atoms with Gasteiger partial charge in [-0.25, -0.2) is 4.98 Å². The van der Waals surface area contributed by atoms with E-state index < -0.39 is 4.92 Å². The van der Waals surface area contributed by atoms with E-state index in [0.29, 0.717) is 5.82 Å². The van der Waals surface area contributed by atoms with Gasteiger partial charge in [0, 0.05) is 13.1 Å². The molecule has 0 amide bonds. The van der Waals surface area contributed by atoms with E-state index in [2.05, 4.69) is 10.3 Å². The molecule has 0 saturated carbocycles. The summed E-state index contributed by atoms with van der Waals surface area (Å²) in [5, 5.41) is 13.4. The van der Waals surface area contributed by atoms with Gasteiger partial charge in [0.2, 0.25) is 0 Å². The quantitative estimate of drug-likeness (QED) is 0.592. The van der Waals surface area contributed by atoms with Crippen molar-refractivity contribution in [1.82, 2.24) is 4.98 Å². The van der Waals surface area contributed by atoms with Gasteiger partial charge in [-0.05, 0) is 5.92 Å². The van der Waals surface area contributed by atoms with Gasteiger partial charge in [0.15, 0.2) is 0 Å². The lowest BCUT2D eigenvalue weighted by Gasteiger charge is -2.06. The van der Waals surface area contributed by atoms with Crippen molar-refractivity contribution in [1.29, 1.82) is 0 Å². The highest BCUT2D eigenvalue weighted by molar-refractivity contribution is 5.46. The van der Waals surface area contributed by atoms with Gasteiger partial charge in [-0.3, -0.25) is 10.1 Å². The number of hydrogen-bond donors (Lipinski definition) is 1. The van der Waals surface area contributed by atoms with Crippen molar-refractivity contribution in [3.8, 4) is 0 Å². The highest BCUT2D eigenvalue weighted by Gasteiger charge is 2.12. The van der Waals surface area contributed by atoms with Crippen LogP contribution in [0.3, 0.4) is 0 Å². The molecule has 1 rings (SSSR count). The number of pyridine rings is 1. The molecule has 0 atom stereocenters. The van der Waals surface area contributed by atoms with E-state index in [4.69, 9.17) is 0 Å². The molecule has 0 spiro atoms. The van der Waals surface area contributed by atoms with Crippen LogP contribution in [0.15, 0.2) is 12.1 Å². The maximum atomic E-state index is 10.6. The second-order valence-electron chi connectivity index (χ2n) is 3.30. The molecule has 0 aliphatic carbocycles. The maximum Gasteiger partial charge on any atom is 0.274 e. The molecule has 1 aromatic heterocycles. The summed E-state index contributed by atoms with van der Waals surface area (Å²) in [5.74, 6) is 0.713. The monoisotopic (exact) mass is 195 g/mol. The summed E-state index contributed by atoms with van der Waals surface area (Å²) in [7, 11) is 1.69. The number of hydrogen-bond acceptors (Lipinski definition) is 4. The number of nitro groups is 1. The first-order valence-corrected chi connectivity index (χ1v) is 4.38. The predicted molar refractivity (Wildman–Crippen MR) is 54.5 cm³/mol. The Balaban J connectivity index is 3.20. The summed E-state index contributed by atoms with van der Waals surface area (Å²) in [6, 6.07) is 2.93. The number of aromatic nitrogens is 1. The Morgan fingerprint density at radius 3 is 2.57 bits per heavy atom. The van der Waals surface area contributed by atoms with Crippen LogP contribution in [-0.4, -0.2) is 17.0 Å². The largest absolute Gasteiger partial charge is 0.373 e. The van der Waals surface area contributed by atoms with E-state index in [1.807, 2.05) is 13.8 Å². The van der Waals surface area contributed by atoms with Crippen LogP contribution in [0.1, 0.15) is 25.5 Å². The average Bonchev–Trinajstić information content (AvgIpc) is 2.16. The number of anilines is 1. The smallest absolute Gasteiger partial charge is 0.274 e. The minimum Gasteiger partial charge on any atom is -0.373 e.